The highest BCUT2D eigenvalue weighted by molar-refractivity contribution is 7.07. The molecule has 10 heteroatoms. The summed E-state index contributed by atoms with van der Waals surface area (Å²) in [4.78, 5) is 44.2. The minimum atomic E-state index is -1.01. The molecule has 0 saturated heterocycles. The van der Waals surface area contributed by atoms with Gasteiger partial charge in [0.2, 0.25) is 0 Å². The number of para-hydroxylation sites is 1. The van der Waals surface area contributed by atoms with Gasteiger partial charge in [-0.15, -0.1) is 0 Å². The molecule has 1 unspecified atom stereocenters. The van der Waals surface area contributed by atoms with Crippen molar-refractivity contribution < 1.29 is 28.6 Å². The van der Waals surface area contributed by atoms with E-state index in [1.807, 2.05) is 48.5 Å². The predicted octanol–water partition coefficient (Wildman–Crippen LogP) is 4.90. The summed E-state index contributed by atoms with van der Waals surface area (Å²) in [6, 6.07) is 25.5. The number of fused-ring (bicyclic) bond motifs is 1. The van der Waals surface area contributed by atoms with Crippen LogP contribution < -0.4 is 19.6 Å². The number of carboxylic acids is 1. The molecule has 0 aliphatic carbocycles. The molecule has 0 radical (unpaired) electrons. The number of benzene rings is 3. The minimum absolute atomic E-state index is 0.146. The number of carboxylic acid groups (broad SMARTS) is 1. The van der Waals surface area contributed by atoms with Crippen molar-refractivity contribution in [2.75, 3.05) is 13.7 Å². The maximum Gasteiger partial charge on any atom is 0.338 e. The van der Waals surface area contributed by atoms with E-state index in [0.29, 0.717) is 49.0 Å². The number of hydrogen-bond acceptors (Lipinski definition) is 8. The number of furan rings is 1. The molecule has 1 N–H and O–H groups in total. The molecule has 3 aromatic carbocycles. The van der Waals surface area contributed by atoms with Crippen LogP contribution in [-0.4, -0.2) is 35.3 Å². The lowest BCUT2D eigenvalue weighted by molar-refractivity contribution is -0.138. The summed E-state index contributed by atoms with van der Waals surface area (Å²) >= 11 is 1.18. The summed E-state index contributed by atoms with van der Waals surface area (Å²) in [5, 5.41) is 9.18. The molecule has 0 bridgehead atoms. The Bertz CT molecular complexity index is 2090. The SMILES string of the molecule is CCOC(=O)C1=C(c2ccccc2)N=c2s/c(=C/c3ccc(-c4ccc(C(=O)O)cc4)o3)c(=O)n2C1c1ccccc1OC. The first kappa shape index (κ1) is 28.6. The van der Waals surface area contributed by atoms with Crippen LogP contribution >= 0.6 is 11.3 Å². The Hall–Kier alpha value is -5.48. The molecule has 220 valence electrons. The van der Waals surface area contributed by atoms with Gasteiger partial charge in [0.05, 0.1) is 35.1 Å². The van der Waals surface area contributed by atoms with Crippen LogP contribution in [0.25, 0.3) is 23.1 Å². The molecule has 1 aliphatic rings. The van der Waals surface area contributed by atoms with Crippen molar-refractivity contribution in [1.82, 2.24) is 4.57 Å². The van der Waals surface area contributed by atoms with Gasteiger partial charge in [0.1, 0.15) is 23.3 Å². The number of thiazole rings is 1. The molecule has 0 saturated carbocycles. The van der Waals surface area contributed by atoms with E-state index in [1.54, 1.807) is 43.3 Å². The number of esters is 1. The Morgan fingerprint density at radius 3 is 2.41 bits per heavy atom. The van der Waals surface area contributed by atoms with Gasteiger partial charge in [-0.1, -0.05) is 72.0 Å². The third kappa shape index (κ3) is 5.27. The van der Waals surface area contributed by atoms with E-state index in [9.17, 15) is 19.5 Å². The van der Waals surface area contributed by atoms with E-state index in [4.69, 9.17) is 18.9 Å². The van der Waals surface area contributed by atoms with Gasteiger partial charge in [-0.2, -0.15) is 0 Å². The van der Waals surface area contributed by atoms with E-state index >= 15 is 0 Å². The Morgan fingerprint density at radius 1 is 0.977 bits per heavy atom. The van der Waals surface area contributed by atoms with E-state index in [2.05, 4.69) is 0 Å². The summed E-state index contributed by atoms with van der Waals surface area (Å²) in [6.07, 6.45) is 1.63. The molecule has 6 rings (SSSR count). The lowest BCUT2D eigenvalue weighted by Crippen LogP contribution is -2.40. The molecule has 3 heterocycles. The maximum atomic E-state index is 14.1. The van der Waals surface area contributed by atoms with Gasteiger partial charge in [0.15, 0.2) is 4.80 Å². The van der Waals surface area contributed by atoms with Crippen LogP contribution in [0.3, 0.4) is 0 Å². The molecule has 5 aromatic rings. The van der Waals surface area contributed by atoms with Gasteiger partial charge in [-0.3, -0.25) is 9.36 Å². The van der Waals surface area contributed by atoms with Crippen molar-refractivity contribution in [3.63, 3.8) is 0 Å². The lowest BCUT2D eigenvalue weighted by atomic mass is 9.92. The van der Waals surface area contributed by atoms with E-state index in [1.165, 1.54) is 35.1 Å². The van der Waals surface area contributed by atoms with Crippen molar-refractivity contribution in [1.29, 1.82) is 0 Å². The highest BCUT2D eigenvalue weighted by Crippen LogP contribution is 2.38. The topological polar surface area (TPSA) is 120 Å². The number of ether oxygens (including phenoxy) is 2. The Kier molecular flexibility index (Phi) is 7.82. The first-order valence-corrected chi connectivity index (χ1v) is 14.6. The summed E-state index contributed by atoms with van der Waals surface area (Å²) in [5.41, 5.74) is 2.46. The fraction of sp³-hybridized carbons (Fsp3) is 0.118. The van der Waals surface area contributed by atoms with Crippen LogP contribution in [0.1, 0.15) is 40.2 Å². The number of carbonyl (C=O) groups is 2. The minimum Gasteiger partial charge on any atom is -0.496 e. The van der Waals surface area contributed by atoms with Gasteiger partial charge in [0, 0.05) is 22.8 Å². The smallest absolute Gasteiger partial charge is 0.338 e. The largest absolute Gasteiger partial charge is 0.496 e. The lowest BCUT2D eigenvalue weighted by Gasteiger charge is -2.27. The summed E-state index contributed by atoms with van der Waals surface area (Å²) in [6.45, 7) is 1.87. The van der Waals surface area contributed by atoms with Crippen molar-refractivity contribution in [3.8, 4) is 17.1 Å². The number of aromatic nitrogens is 1. The Morgan fingerprint density at radius 2 is 1.70 bits per heavy atom. The molecular formula is C34H26N2O7S. The molecular weight excluding hydrogens is 580 g/mol. The number of carbonyl (C=O) groups excluding carboxylic acids is 1. The van der Waals surface area contributed by atoms with E-state index < -0.39 is 18.0 Å². The summed E-state index contributed by atoms with van der Waals surface area (Å²) < 4.78 is 19.1. The van der Waals surface area contributed by atoms with Crippen LogP contribution in [0.2, 0.25) is 0 Å². The maximum absolute atomic E-state index is 14.1. The van der Waals surface area contributed by atoms with Crippen molar-refractivity contribution >= 4 is 35.0 Å². The third-order valence-corrected chi connectivity index (χ3v) is 8.11. The second-order valence-corrected chi connectivity index (χ2v) is 10.8. The number of methoxy groups -OCH3 is 1. The zero-order valence-corrected chi connectivity index (χ0v) is 24.5. The molecule has 44 heavy (non-hydrogen) atoms. The molecule has 2 aromatic heterocycles. The van der Waals surface area contributed by atoms with Crippen molar-refractivity contribution in [3.05, 3.63) is 139 Å². The summed E-state index contributed by atoms with van der Waals surface area (Å²) in [5.74, 6) is -0.143. The zero-order valence-electron chi connectivity index (χ0n) is 23.7. The number of hydrogen-bond donors (Lipinski definition) is 1. The molecule has 1 aliphatic heterocycles. The molecule has 1 atom stereocenters. The van der Waals surface area contributed by atoms with E-state index in [0.717, 1.165) is 0 Å². The van der Waals surface area contributed by atoms with Gasteiger partial charge in [-0.05, 0) is 37.3 Å². The average Bonchev–Trinajstić information content (AvgIpc) is 3.64. The van der Waals surface area contributed by atoms with Gasteiger partial charge >= 0.3 is 11.9 Å². The highest BCUT2D eigenvalue weighted by atomic mass is 32.1. The third-order valence-electron chi connectivity index (χ3n) is 7.12. The first-order chi connectivity index (χ1) is 21.4. The standard InChI is InChI=1S/C34H26N2O7S/c1-3-42-33(40)28-29(21-9-5-4-6-10-21)35-34-36(30(28)24-11-7-8-12-26(24)41-2)31(37)27(44-34)19-23-17-18-25(43-23)20-13-15-22(16-14-20)32(38)39/h4-19,30H,3H2,1-2H3,(H,38,39)/b27-19+. The number of aromatic carboxylic acids is 1. The van der Waals surface area contributed by atoms with Crippen LogP contribution in [0.15, 0.2) is 111 Å². The van der Waals surface area contributed by atoms with Crippen LogP contribution in [0.5, 0.6) is 5.75 Å². The van der Waals surface area contributed by atoms with Crippen molar-refractivity contribution in [2.24, 2.45) is 4.99 Å². The molecule has 0 amide bonds. The second-order valence-electron chi connectivity index (χ2n) is 9.76. The van der Waals surface area contributed by atoms with Crippen LogP contribution in [-0.2, 0) is 9.53 Å². The number of nitrogens with zero attached hydrogens (tertiary/aromatic N) is 2. The first-order valence-electron chi connectivity index (χ1n) is 13.7. The fourth-order valence-electron chi connectivity index (χ4n) is 5.12. The monoisotopic (exact) mass is 606 g/mol. The molecule has 0 fully saturated rings. The average molecular weight is 607 g/mol. The quantitative estimate of drug-likeness (QED) is 0.250. The van der Waals surface area contributed by atoms with Crippen LogP contribution in [0, 0.1) is 0 Å². The second kappa shape index (κ2) is 12.0. The Balaban J connectivity index is 1.54. The number of rotatable bonds is 8. The van der Waals surface area contributed by atoms with Crippen LogP contribution in [0.4, 0.5) is 0 Å². The van der Waals surface area contributed by atoms with Gasteiger partial charge < -0.3 is 19.0 Å². The Labute approximate surface area is 255 Å². The molecule has 9 nitrogen and oxygen atoms in total. The normalized spacial score (nSPS) is 14.6. The van der Waals surface area contributed by atoms with E-state index in [-0.39, 0.29) is 23.3 Å². The molecule has 0 spiro atoms. The fourth-order valence-corrected chi connectivity index (χ4v) is 6.10. The zero-order chi connectivity index (χ0) is 30.8. The van der Waals surface area contributed by atoms with Gasteiger partial charge in [-0.25, -0.2) is 14.6 Å². The summed E-state index contributed by atoms with van der Waals surface area (Å²) in [7, 11) is 1.54. The van der Waals surface area contributed by atoms with Gasteiger partial charge in [0.25, 0.3) is 5.56 Å². The highest BCUT2D eigenvalue weighted by Gasteiger charge is 2.36. The van der Waals surface area contributed by atoms with Crippen molar-refractivity contribution in [2.45, 2.75) is 13.0 Å². The predicted molar refractivity (Wildman–Crippen MR) is 165 cm³/mol.